The van der Waals surface area contributed by atoms with E-state index in [1.54, 1.807) is 26.4 Å². The molecule has 0 unspecified atom stereocenters. The fourth-order valence-corrected chi connectivity index (χ4v) is 2.45. The van der Waals surface area contributed by atoms with E-state index < -0.39 is 0 Å². The van der Waals surface area contributed by atoms with Gasteiger partial charge in [-0.25, -0.2) is 0 Å². The van der Waals surface area contributed by atoms with E-state index in [1.807, 2.05) is 38.1 Å². The monoisotopic (exact) mass is 352 g/mol. The van der Waals surface area contributed by atoms with Gasteiger partial charge in [-0.1, -0.05) is 29.9 Å². The zero-order valence-corrected chi connectivity index (χ0v) is 15.6. The molecule has 0 heterocycles. The van der Waals surface area contributed by atoms with Gasteiger partial charge in [0.2, 0.25) is 0 Å². The second-order valence-electron chi connectivity index (χ2n) is 6.14. The molecule has 0 amide bonds. The third-order valence-electron chi connectivity index (χ3n) is 3.94. The average molecular weight is 352 g/mol. The maximum absolute atomic E-state index is 12.5. The number of phenolic OH excluding ortho intramolecular Hbond substituents is 1. The van der Waals surface area contributed by atoms with Crippen LogP contribution in [0.3, 0.4) is 0 Å². The lowest BCUT2D eigenvalue weighted by Gasteiger charge is -2.10. The fourth-order valence-electron chi connectivity index (χ4n) is 2.45. The van der Waals surface area contributed by atoms with E-state index in [9.17, 15) is 9.90 Å². The molecule has 2 aromatic carbocycles. The van der Waals surface area contributed by atoms with E-state index >= 15 is 0 Å². The molecule has 0 saturated carbocycles. The van der Waals surface area contributed by atoms with Crippen molar-refractivity contribution in [3.63, 3.8) is 0 Å². The molecular weight excluding hydrogens is 328 g/mol. The summed E-state index contributed by atoms with van der Waals surface area (Å²) in [4.78, 5) is 12.5. The van der Waals surface area contributed by atoms with Crippen LogP contribution in [-0.4, -0.2) is 25.1 Å². The number of rotatable bonds is 7. The Morgan fingerprint density at radius 3 is 2.35 bits per heavy atom. The minimum atomic E-state index is -0.264. The number of benzene rings is 2. The molecule has 0 radical (unpaired) electrons. The molecule has 0 aromatic heterocycles. The number of carbonyl (C=O) groups excluding carboxylic acids is 1. The number of phenols is 1. The van der Waals surface area contributed by atoms with Crippen LogP contribution in [0.4, 0.5) is 0 Å². The molecule has 26 heavy (non-hydrogen) atoms. The lowest BCUT2D eigenvalue weighted by atomic mass is 10.0. The highest BCUT2D eigenvalue weighted by molar-refractivity contribution is 6.08. The van der Waals surface area contributed by atoms with E-state index in [2.05, 4.69) is 6.08 Å². The van der Waals surface area contributed by atoms with Crippen LogP contribution >= 0.6 is 0 Å². The van der Waals surface area contributed by atoms with Crippen molar-refractivity contribution >= 4 is 11.9 Å². The van der Waals surface area contributed by atoms with Gasteiger partial charge in [0.15, 0.2) is 5.78 Å². The van der Waals surface area contributed by atoms with Gasteiger partial charge in [0.25, 0.3) is 0 Å². The Kier molecular flexibility index (Phi) is 6.61. The van der Waals surface area contributed by atoms with Gasteiger partial charge in [-0.05, 0) is 55.7 Å². The standard InChI is InChI=1S/C22H24O4/c1-15(2)5-9-17-13-19(21(24)14-22(17)26-4)20(23)12-8-16-6-10-18(25-3)11-7-16/h5-8,10-14,24H,9H2,1-4H3/b12-8+. The zero-order valence-electron chi connectivity index (χ0n) is 15.6. The van der Waals surface area contributed by atoms with Gasteiger partial charge in [0, 0.05) is 6.07 Å². The Morgan fingerprint density at radius 2 is 1.77 bits per heavy atom. The minimum Gasteiger partial charge on any atom is -0.507 e. The third-order valence-corrected chi connectivity index (χ3v) is 3.94. The van der Waals surface area contributed by atoms with Gasteiger partial charge in [0.05, 0.1) is 19.8 Å². The smallest absolute Gasteiger partial charge is 0.189 e. The van der Waals surface area contributed by atoms with Gasteiger partial charge >= 0.3 is 0 Å². The summed E-state index contributed by atoms with van der Waals surface area (Å²) in [6.07, 6.45) is 5.85. The lowest BCUT2D eigenvalue weighted by molar-refractivity contribution is 0.104. The van der Waals surface area contributed by atoms with Crippen LogP contribution in [0.2, 0.25) is 0 Å². The summed E-state index contributed by atoms with van der Waals surface area (Å²) in [5, 5.41) is 10.2. The van der Waals surface area contributed by atoms with Crippen LogP contribution in [0.1, 0.15) is 35.3 Å². The van der Waals surface area contributed by atoms with Crippen LogP contribution in [0, 0.1) is 0 Å². The van der Waals surface area contributed by atoms with Crippen LogP contribution in [0.25, 0.3) is 6.08 Å². The van der Waals surface area contributed by atoms with E-state index in [0.717, 1.165) is 16.9 Å². The molecule has 2 rings (SSSR count). The van der Waals surface area contributed by atoms with Crippen LogP contribution < -0.4 is 9.47 Å². The Hall–Kier alpha value is -3.01. The Labute approximate surface area is 154 Å². The maximum atomic E-state index is 12.5. The predicted molar refractivity (Wildman–Crippen MR) is 104 cm³/mol. The highest BCUT2D eigenvalue weighted by Crippen LogP contribution is 2.30. The summed E-state index contributed by atoms with van der Waals surface area (Å²) >= 11 is 0. The first kappa shape index (κ1) is 19.3. The largest absolute Gasteiger partial charge is 0.507 e. The molecule has 0 bridgehead atoms. The fraction of sp³-hybridized carbons (Fsp3) is 0.227. The second kappa shape index (κ2) is 8.90. The molecule has 0 aliphatic rings. The maximum Gasteiger partial charge on any atom is 0.189 e. The van der Waals surface area contributed by atoms with E-state index in [-0.39, 0.29) is 17.1 Å². The number of ketones is 1. The highest BCUT2D eigenvalue weighted by atomic mass is 16.5. The van der Waals surface area contributed by atoms with Crippen LogP contribution in [0.15, 0.2) is 54.1 Å². The quantitative estimate of drug-likeness (QED) is 0.441. The lowest BCUT2D eigenvalue weighted by Crippen LogP contribution is -1.99. The van der Waals surface area contributed by atoms with Gasteiger partial charge in [-0.2, -0.15) is 0 Å². The zero-order chi connectivity index (χ0) is 19.1. The Bertz CT molecular complexity index is 826. The first-order chi connectivity index (χ1) is 12.4. The average Bonchev–Trinajstić information content (AvgIpc) is 2.65. The molecule has 0 fully saturated rings. The summed E-state index contributed by atoms with van der Waals surface area (Å²) in [5.41, 5.74) is 3.16. The van der Waals surface area contributed by atoms with Crippen molar-refractivity contribution < 1.29 is 19.4 Å². The van der Waals surface area contributed by atoms with Crippen molar-refractivity contribution in [3.8, 4) is 17.2 Å². The molecule has 0 atom stereocenters. The first-order valence-corrected chi connectivity index (χ1v) is 8.34. The second-order valence-corrected chi connectivity index (χ2v) is 6.14. The van der Waals surface area contributed by atoms with Crippen LogP contribution in [-0.2, 0) is 6.42 Å². The van der Waals surface area contributed by atoms with E-state index in [4.69, 9.17) is 9.47 Å². The molecule has 0 saturated heterocycles. The molecule has 0 aliphatic carbocycles. The summed E-state index contributed by atoms with van der Waals surface area (Å²) in [6, 6.07) is 10.5. The summed E-state index contributed by atoms with van der Waals surface area (Å²) in [7, 11) is 3.15. The molecule has 0 spiro atoms. The van der Waals surface area contributed by atoms with Gasteiger partial charge in [-0.3, -0.25) is 4.79 Å². The van der Waals surface area contributed by atoms with Crippen molar-refractivity contribution in [3.05, 3.63) is 70.8 Å². The molecule has 4 heteroatoms. The molecular formula is C22H24O4. The number of methoxy groups -OCH3 is 2. The molecule has 4 nitrogen and oxygen atoms in total. The first-order valence-electron chi connectivity index (χ1n) is 8.34. The Morgan fingerprint density at radius 1 is 1.08 bits per heavy atom. The number of allylic oxidation sites excluding steroid dienone is 3. The molecule has 2 aromatic rings. The highest BCUT2D eigenvalue weighted by Gasteiger charge is 2.13. The number of carbonyl (C=O) groups is 1. The topological polar surface area (TPSA) is 55.8 Å². The summed E-state index contributed by atoms with van der Waals surface area (Å²) in [5.74, 6) is 0.965. The minimum absolute atomic E-state index is 0.0906. The molecule has 136 valence electrons. The van der Waals surface area contributed by atoms with Gasteiger partial charge < -0.3 is 14.6 Å². The van der Waals surface area contributed by atoms with E-state index in [0.29, 0.717) is 12.2 Å². The van der Waals surface area contributed by atoms with Crippen LogP contribution in [0.5, 0.6) is 17.2 Å². The molecule has 1 N–H and O–H groups in total. The number of hydrogen-bond acceptors (Lipinski definition) is 4. The number of aromatic hydroxyl groups is 1. The normalized spacial score (nSPS) is 10.6. The van der Waals surface area contributed by atoms with Gasteiger partial charge in [0.1, 0.15) is 17.2 Å². The number of hydrogen-bond donors (Lipinski definition) is 1. The SMILES string of the molecule is COc1ccc(/C=C/C(=O)c2cc(CC=C(C)C)c(OC)cc2O)cc1. The number of ether oxygens (including phenoxy) is 2. The molecule has 0 aliphatic heterocycles. The third kappa shape index (κ3) is 4.99. The summed E-state index contributed by atoms with van der Waals surface area (Å²) in [6.45, 7) is 4.02. The van der Waals surface area contributed by atoms with Gasteiger partial charge in [-0.15, -0.1) is 0 Å². The van der Waals surface area contributed by atoms with E-state index in [1.165, 1.54) is 17.7 Å². The van der Waals surface area contributed by atoms with Crippen molar-refractivity contribution in [1.82, 2.24) is 0 Å². The predicted octanol–water partition coefficient (Wildman–Crippen LogP) is 4.81. The van der Waals surface area contributed by atoms with Crippen molar-refractivity contribution in [2.24, 2.45) is 0 Å². The van der Waals surface area contributed by atoms with Crippen molar-refractivity contribution in [2.45, 2.75) is 20.3 Å². The Balaban J connectivity index is 2.27. The summed E-state index contributed by atoms with van der Waals surface area (Å²) < 4.78 is 10.4. The van der Waals surface area contributed by atoms with Crippen molar-refractivity contribution in [1.29, 1.82) is 0 Å². The van der Waals surface area contributed by atoms with Crippen molar-refractivity contribution in [2.75, 3.05) is 14.2 Å².